The molecule has 0 radical (unpaired) electrons. The van der Waals surface area contributed by atoms with Crippen LogP contribution in [-0.2, 0) is 19.6 Å². The van der Waals surface area contributed by atoms with E-state index in [9.17, 15) is 0 Å². The van der Waals surface area contributed by atoms with E-state index in [1.54, 1.807) is 10.7 Å². The van der Waals surface area contributed by atoms with Gasteiger partial charge in [0.2, 0.25) is 0 Å². The Morgan fingerprint density at radius 1 is 0.514 bits per heavy atom. The van der Waals surface area contributed by atoms with Crippen molar-refractivity contribution in [2.45, 2.75) is 43.8 Å². The van der Waals surface area contributed by atoms with Crippen LogP contribution in [0.2, 0.25) is 4.44 Å². The van der Waals surface area contributed by atoms with Gasteiger partial charge in [-0.3, -0.25) is 0 Å². The fourth-order valence-corrected chi connectivity index (χ4v) is 22.2. The van der Waals surface area contributed by atoms with Crippen LogP contribution < -0.4 is 10.7 Å². The summed E-state index contributed by atoms with van der Waals surface area (Å²) in [7, 11) is 13.2. The number of hydrogen-bond donors (Lipinski definition) is 0. The topological polar surface area (TPSA) is 9.72 Å². The Labute approximate surface area is 218 Å². The van der Waals surface area contributed by atoms with Crippen LogP contribution in [0, 0.1) is 0 Å². The fraction of sp³-hybridized carbons (Fsp3) is 0.419. The molecule has 35 heavy (non-hydrogen) atoms. The molecule has 0 atom stereocenters. The van der Waals surface area contributed by atoms with Crippen LogP contribution in [0.25, 0.3) is 0 Å². The zero-order chi connectivity index (χ0) is 25.4. The van der Waals surface area contributed by atoms with E-state index in [-0.39, 0.29) is 0 Å². The Hall–Kier alpha value is -1.66. The van der Waals surface area contributed by atoms with Crippen molar-refractivity contribution in [1.82, 2.24) is 14.7 Å². The summed E-state index contributed by atoms with van der Waals surface area (Å²) in [6.07, 6.45) is 2.49. The van der Waals surface area contributed by atoms with Gasteiger partial charge in [0.05, 0.1) is 0 Å². The standard InChI is InChI=1S/3C9H12N.C4H9.Sn/c3*1-10(2)8-9-6-4-3-5-7-9;1-3-4-2;/h3*3-6H,8H2,1-2H3;1,3-4H2,2H3;. The first-order valence-corrected chi connectivity index (χ1v) is 19.3. The van der Waals surface area contributed by atoms with Crippen LogP contribution in [0.3, 0.4) is 0 Å². The summed E-state index contributed by atoms with van der Waals surface area (Å²) in [4.78, 5) is 6.98. The van der Waals surface area contributed by atoms with Crippen molar-refractivity contribution in [2.24, 2.45) is 0 Å². The van der Waals surface area contributed by atoms with Crippen molar-refractivity contribution in [3.05, 3.63) is 89.5 Å². The maximum atomic E-state index is 2.49. The monoisotopic (exact) mass is 579 g/mol. The second-order valence-corrected chi connectivity index (χ2v) is 21.9. The van der Waals surface area contributed by atoms with Crippen LogP contribution in [0.15, 0.2) is 72.8 Å². The molecule has 3 nitrogen and oxygen atoms in total. The number of benzene rings is 3. The average Bonchev–Trinajstić information content (AvgIpc) is 2.81. The van der Waals surface area contributed by atoms with Gasteiger partial charge in [-0.25, -0.2) is 0 Å². The van der Waals surface area contributed by atoms with Gasteiger partial charge in [0.15, 0.2) is 0 Å². The summed E-state index contributed by atoms with van der Waals surface area (Å²) in [6, 6.07) is 28.2. The predicted molar refractivity (Wildman–Crippen MR) is 156 cm³/mol. The van der Waals surface area contributed by atoms with Crippen molar-refractivity contribution in [3.63, 3.8) is 0 Å². The molecule has 3 rings (SSSR count). The normalized spacial score (nSPS) is 12.2. The van der Waals surface area contributed by atoms with Crippen molar-refractivity contribution >= 4 is 29.1 Å². The quantitative estimate of drug-likeness (QED) is 0.300. The van der Waals surface area contributed by atoms with Gasteiger partial charge in [0, 0.05) is 0 Å². The van der Waals surface area contributed by atoms with Crippen LogP contribution in [0.5, 0.6) is 0 Å². The third-order valence-electron chi connectivity index (χ3n) is 6.80. The molecule has 0 heterocycles. The van der Waals surface area contributed by atoms with E-state index < -0.39 is 18.4 Å². The first-order valence-electron chi connectivity index (χ1n) is 13.0. The Morgan fingerprint density at radius 2 is 0.829 bits per heavy atom. The molecule has 0 N–H and O–H groups in total. The van der Waals surface area contributed by atoms with Crippen LogP contribution in [-0.4, -0.2) is 75.4 Å². The van der Waals surface area contributed by atoms with Crippen molar-refractivity contribution in [3.8, 4) is 0 Å². The second-order valence-electron chi connectivity index (χ2n) is 10.7. The number of nitrogens with zero attached hydrogens (tertiary/aromatic N) is 3. The van der Waals surface area contributed by atoms with E-state index in [2.05, 4.69) is 137 Å². The zero-order valence-corrected chi connectivity index (χ0v) is 25.9. The molecule has 0 unspecified atom stereocenters. The molecule has 0 amide bonds. The van der Waals surface area contributed by atoms with E-state index in [1.165, 1.54) is 34.0 Å². The van der Waals surface area contributed by atoms with Gasteiger partial charge >= 0.3 is 219 Å². The molecule has 0 aliphatic heterocycles. The molecule has 0 bridgehead atoms. The Bertz CT molecular complexity index is 944. The average molecular weight is 578 g/mol. The summed E-state index contributed by atoms with van der Waals surface area (Å²) < 4.78 is 6.26. The van der Waals surface area contributed by atoms with Gasteiger partial charge in [0.25, 0.3) is 0 Å². The number of unbranched alkanes of at least 4 members (excludes halogenated alkanes) is 1. The summed E-state index contributed by atoms with van der Waals surface area (Å²) in [6.45, 7) is 5.28. The predicted octanol–water partition coefficient (Wildman–Crippen LogP) is 4.14. The van der Waals surface area contributed by atoms with Crippen LogP contribution in [0.1, 0.15) is 36.5 Å². The summed E-state index contributed by atoms with van der Waals surface area (Å²) in [5.74, 6) is 0. The Morgan fingerprint density at radius 3 is 1.11 bits per heavy atom. The molecule has 4 heteroatoms. The molecule has 0 fully saturated rings. The SMILES string of the molecule is CCC[CH2][Sn]([c]1ccccc1CN(C)C)([c]1ccccc1CN(C)C)[c]1ccccc1CN(C)C. The number of rotatable bonds is 12. The molecular weight excluding hydrogens is 533 g/mol. The van der Waals surface area contributed by atoms with Gasteiger partial charge in [-0.05, 0) is 0 Å². The molecular formula is C31H45N3Sn. The van der Waals surface area contributed by atoms with E-state index in [0.29, 0.717) is 0 Å². The summed E-state index contributed by atoms with van der Waals surface area (Å²) in [5, 5.41) is 0. The van der Waals surface area contributed by atoms with Crippen molar-refractivity contribution in [2.75, 3.05) is 42.3 Å². The van der Waals surface area contributed by atoms with E-state index >= 15 is 0 Å². The molecule has 0 spiro atoms. The van der Waals surface area contributed by atoms with Crippen LogP contribution in [0.4, 0.5) is 0 Å². The van der Waals surface area contributed by atoms with Gasteiger partial charge in [-0.1, -0.05) is 0 Å². The molecule has 3 aromatic rings. The molecule has 0 aliphatic carbocycles. The molecule has 188 valence electrons. The van der Waals surface area contributed by atoms with E-state index in [0.717, 1.165) is 19.6 Å². The molecule has 3 aromatic carbocycles. The third-order valence-corrected chi connectivity index (χ3v) is 22.0. The van der Waals surface area contributed by atoms with E-state index in [1.807, 2.05) is 0 Å². The Balaban J connectivity index is 2.46. The van der Waals surface area contributed by atoms with Crippen molar-refractivity contribution < 1.29 is 0 Å². The van der Waals surface area contributed by atoms with Gasteiger partial charge < -0.3 is 0 Å². The molecule has 0 aliphatic rings. The molecule has 0 saturated carbocycles. The second kappa shape index (κ2) is 13.0. The first kappa shape index (κ1) is 27.9. The third kappa shape index (κ3) is 6.76. The zero-order valence-electron chi connectivity index (χ0n) is 23.0. The Kier molecular flexibility index (Phi) is 10.4. The minimum atomic E-state index is -3.45. The molecule has 0 saturated heterocycles. The first-order chi connectivity index (χ1) is 16.8. The van der Waals surface area contributed by atoms with E-state index in [4.69, 9.17) is 0 Å². The number of hydrogen-bond acceptors (Lipinski definition) is 3. The maximum absolute atomic E-state index is 3.45. The van der Waals surface area contributed by atoms with Gasteiger partial charge in [-0.2, -0.15) is 0 Å². The van der Waals surface area contributed by atoms with Gasteiger partial charge in [-0.15, -0.1) is 0 Å². The minimum absolute atomic E-state index is 0.979. The van der Waals surface area contributed by atoms with Crippen molar-refractivity contribution in [1.29, 1.82) is 0 Å². The fourth-order valence-electron chi connectivity index (χ4n) is 5.53. The summed E-state index contributed by atoms with van der Waals surface area (Å²) >= 11 is -3.45. The molecule has 0 aromatic heterocycles. The summed E-state index contributed by atoms with van der Waals surface area (Å²) in [5.41, 5.74) is 4.51. The van der Waals surface area contributed by atoms with Crippen LogP contribution >= 0.6 is 0 Å². The van der Waals surface area contributed by atoms with Gasteiger partial charge in [0.1, 0.15) is 0 Å².